The molecule has 2 nitrogen and oxygen atoms in total. The summed E-state index contributed by atoms with van der Waals surface area (Å²) in [6.07, 6.45) is 3.36. The lowest BCUT2D eigenvalue weighted by Crippen LogP contribution is -2.27. The highest BCUT2D eigenvalue weighted by Crippen LogP contribution is 2.31. The van der Waals surface area contributed by atoms with Gasteiger partial charge in [-0.1, -0.05) is 43.2 Å². The molecule has 0 aliphatic heterocycles. The second-order valence-corrected chi connectivity index (χ2v) is 6.81. The van der Waals surface area contributed by atoms with Gasteiger partial charge in [-0.15, -0.1) is 0 Å². The third-order valence-corrected chi connectivity index (χ3v) is 4.25. The summed E-state index contributed by atoms with van der Waals surface area (Å²) in [4.78, 5) is 0. The zero-order valence-electron chi connectivity index (χ0n) is 13.2. The molecule has 0 spiro atoms. The first-order valence-electron chi connectivity index (χ1n) is 7.82. The molecular formula is C18H28O2. The van der Waals surface area contributed by atoms with Gasteiger partial charge in [0.1, 0.15) is 6.10 Å². The van der Waals surface area contributed by atoms with Gasteiger partial charge in [-0.25, -0.2) is 0 Å². The highest BCUT2D eigenvalue weighted by atomic mass is 16.5. The van der Waals surface area contributed by atoms with Crippen molar-refractivity contribution in [3.05, 3.63) is 34.9 Å². The van der Waals surface area contributed by atoms with Crippen LogP contribution in [-0.4, -0.2) is 17.8 Å². The van der Waals surface area contributed by atoms with Gasteiger partial charge in [0.2, 0.25) is 0 Å². The topological polar surface area (TPSA) is 29.5 Å². The molecule has 1 aliphatic rings. The first-order chi connectivity index (χ1) is 9.44. The fourth-order valence-electron chi connectivity index (χ4n) is 3.53. The van der Waals surface area contributed by atoms with Crippen LogP contribution >= 0.6 is 0 Å². The molecule has 0 amide bonds. The second kappa shape index (κ2) is 6.73. The zero-order valence-corrected chi connectivity index (χ0v) is 13.2. The molecule has 1 aliphatic carbocycles. The van der Waals surface area contributed by atoms with Crippen LogP contribution in [0.15, 0.2) is 18.2 Å². The van der Waals surface area contributed by atoms with E-state index in [0.29, 0.717) is 12.7 Å². The molecule has 1 N–H and O–H groups in total. The highest BCUT2D eigenvalue weighted by molar-refractivity contribution is 5.29. The summed E-state index contributed by atoms with van der Waals surface area (Å²) < 4.78 is 5.97. The van der Waals surface area contributed by atoms with Gasteiger partial charge in [0.25, 0.3) is 0 Å². The van der Waals surface area contributed by atoms with Gasteiger partial charge < -0.3 is 9.84 Å². The Hall–Kier alpha value is -0.860. The number of aliphatic hydroxyl groups excluding tert-OH is 1. The first kappa shape index (κ1) is 15.5. The number of aliphatic hydroxyl groups is 1. The second-order valence-electron chi connectivity index (χ2n) is 6.81. The Bertz CT molecular complexity index is 411. The fraction of sp³-hybridized carbons (Fsp3) is 0.667. The molecule has 0 saturated heterocycles. The molecule has 1 fully saturated rings. The van der Waals surface area contributed by atoms with E-state index in [1.54, 1.807) is 0 Å². The lowest BCUT2D eigenvalue weighted by molar-refractivity contribution is -0.0412. The van der Waals surface area contributed by atoms with E-state index in [1.807, 2.05) is 12.1 Å². The Balaban J connectivity index is 1.89. The Morgan fingerprint density at radius 3 is 2.15 bits per heavy atom. The van der Waals surface area contributed by atoms with E-state index in [9.17, 15) is 5.11 Å². The van der Waals surface area contributed by atoms with E-state index < -0.39 is 6.10 Å². The van der Waals surface area contributed by atoms with Crippen molar-refractivity contribution < 1.29 is 9.84 Å². The van der Waals surface area contributed by atoms with Crippen LogP contribution in [0.4, 0.5) is 0 Å². The minimum atomic E-state index is -0.513. The van der Waals surface area contributed by atoms with Gasteiger partial charge in [0.05, 0.1) is 12.7 Å². The smallest absolute Gasteiger partial charge is 0.102 e. The van der Waals surface area contributed by atoms with E-state index in [4.69, 9.17) is 4.74 Å². The number of ether oxygens (including phenoxy) is 1. The molecular weight excluding hydrogens is 248 g/mol. The maximum absolute atomic E-state index is 10.3. The van der Waals surface area contributed by atoms with Gasteiger partial charge in [0, 0.05) is 0 Å². The number of hydrogen-bond donors (Lipinski definition) is 1. The largest absolute Gasteiger partial charge is 0.386 e. The normalized spacial score (nSPS) is 28.4. The molecule has 1 aromatic carbocycles. The molecule has 0 radical (unpaired) electrons. The standard InChI is InChI=1S/C18H28O2/c1-12-5-13(2)8-16(7-12)18(19)11-20-17-9-14(3)6-15(4)10-17/h5,7-8,14-15,17-19H,6,9-11H2,1-4H3. The maximum Gasteiger partial charge on any atom is 0.102 e. The monoisotopic (exact) mass is 276 g/mol. The number of aryl methyl sites for hydroxylation is 2. The maximum atomic E-state index is 10.3. The fourth-order valence-corrected chi connectivity index (χ4v) is 3.53. The molecule has 3 unspecified atom stereocenters. The van der Waals surface area contributed by atoms with Crippen LogP contribution in [0.5, 0.6) is 0 Å². The van der Waals surface area contributed by atoms with Crippen LogP contribution in [0.25, 0.3) is 0 Å². The summed E-state index contributed by atoms with van der Waals surface area (Å²) in [6.45, 7) is 9.13. The molecule has 2 rings (SSSR count). The molecule has 2 heteroatoms. The third kappa shape index (κ3) is 4.32. The van der Waals surface area contributed by atoms with Crippen molar-refractivity contribution >= 4 is 0 Å². The Kier molecular flexibility index (Phi) is 5.22. The third-order valence-electron chi connectivity index (χ3n) is 4.25. The minimum Gasteiger partial charge on any atom is -0.386 e. The summed E-state index contributed by atoms with van der Waals surface area (Å²) >= 11 is 0. The molecule has 20 heavy (non-hydrogen) atoms. The number of rotatable bonds is 4. The van der Waals surface area contributed by atoms with Crippen molar-refractivity contribution in [2.75, 3.05) is 6.61 Å². The predicted octanol–water partition coefficient (Wildman–Crippen LogP) is 4.18. The lowest BCUT2D eigenvalue weighted by Gasteiger charge is -2.32. The van der Waals surface area contributed by atoms with Crippen LogP contribution in [0.2, 0.25) is 0 Å². The van der Waals surface area contributed by atoms with Crippen LogP contribution < -0.4 is 0 Å². The van der Waals surface area contributed by atoms with Crippen molar-refractivity contribution in [2.24, 2.45) is 11.8 Å². The Morgan fingerprint density at radius 1 is 1.05 bits per heavy atom. The van der Waals surface area contributed by atoms with E-state index in [-0.39, 0.29) is 0 Å². The molecule has 0 bridgehead atoms. The Morgan fingerprint density at radius 2 is 1.60 bits per heavy atom. The van der Waals surface area contributed by atoms with E-state index >= 15 is 0 Å². The average Bonchev–Trinajstić information content (AvgIpc) is 2.33. The van der Waals surface area contributed by atoms with Gasteiger partial charge in [0.15, 0.2) is 0 Å². The van der Waals surface area contributed by atoms with Crippen molar-refractivity contribution in [1.82, 2.24) is 0 Å². The summed E-state index contributed by atoms with van der Waals surface area (Å²) in [5, 5.41) is 10.3. The van der Waals surface area contributed by atoms with Crippen LogP contribution in [0.3, 0.4) is 0 Å². The number of hydrogen-bond acceptors (Lipinski definition) is 2. The quantitative estimate of drug-likeness (QED) is 0.894. The molecule has 0 aromatic heterocycles. The molecule has 1 aromatic rings. The molecule has 1 saturated carbocycles. The summed E-state index contributed by atoms with van der Waals surface area (Å²) in [5.41, 5.74) is 3.36. The molecule has 3 atom stereocenters. The minimum absolute atomic E-state index is 0.314. The molecule has 0 heterocycles. The van der Waals surface area contributed by atoms with Crippen LogP contribution in [0.1, 0.15) is 55.9 Å². The predicted molar refractivity (Wildman–Crippen MR) is 82.8 cm³/mol. The van der Waals surface area contributed by atoms with E-state index in [2.05, 4.69) is 33.8 Å². The van der Waals surface area contributed by atoms with Gasteiger partial charge in [-0.2, -0.15) is 0 Å². The van der Waals surface area contributed by atoms with E-state index in [0.717, 1.165) is 30.2 Å². The van der Waals surface area contributed by atoms with Crippen LogP contribution in [0, 0.1) is 25.7 Å². The first-order valence-corrected chi connectivity index (χ1v) is 7.82. The van der Waals surface area contributed by atoms with Crippen molar-refractivity contribution in [1.29, 1.82) is 0 Å². The van der Waals surface area contributed by atoms with Crippen molar-refractivity contribution in [3.63, 3.8) is 0 Å². The van der Waals surface area contributed by atoms with E-state index in [1.165, 1.54) is 17.5 Å². The van der Waals surface area contributed by atoms with Crippen molar-refractivity contribution in [2.45, 2.75) is 59.2 Å². The molecule has 112 valence electrons. The van der Waals surface area contributed by atoms with Crippen molar-refractivity contribution in [3.8, 4) is 0 Å². The van der Waals surface area contributed by atoms with Gasteiger partial charge >= 0.3 is 0 Å². The van der Waals surface area contributed by atoms with Crippen LogP contribution in [-0.2, 0) is 4.74 Å². The zero-order chi connectivity index (χ0) is 14.7. The lowest BCUT2D eigenvalue weighted by atomic mass is 9.82. The number of benzene rings is 1. The summed E-state index contributed by atoms with van der Waals surface area (Å²) in [7, 11) is 0. The summed E-state index contributed by atoms with van der Waals surface area (Å²) in [6, 6.07) is 6.22. The average molecular weight is 276 g/mol. The Labute approximate surface area is 123 Å². The van der Waals surface area contributed by atoms with Gasteiger partial charge in [-0.05, 0) is 50.5 Å². The van der Waals surface area contributed by atoms with Gasteiger partial charge in [-0.3, -0.25) is 0 Å². The summed E-state index contributed by atoms with van der Waals surface area (Å²) in [5.74, 6) is 1.48. The highest BCUT2D eigenvalue weighted by Gasteiger charge is 2.25. The SMILES string of the molecule is Cc1cc(C)cc(C(O)COC2CC(C)CC(C)C2)c1.